The average molecular weight is 384 g/mol. The molecule has 1 aliphatic heterocycles. The minimum Gasteiger partial charge on any atom is -0.444 e. The van der Waals surface area contributed by atoms with Crippen LogP contribution in [-0.2, 0) is 11.3 Å². The average Bonchev–Trinajstić information content (AvgIpc) is 2.98. The van der Waals surface area contributed by atoms with Gasteiger partial charge in [0.05, 0.1) is 6.04 Å². The molecule has 3 rings (SSSR count). The van der Waals surface area contributed by atoms with Gasteiger partial charge in [0.1, 0.15) is 11.4 Å². The predicted octanol–water partition coefficient (Wildman–Crippen LogP) is 4.63. The normalized spacial score (nSPS) is 20.2. The topological polar surface area (TPSA) is 41.6 Å². The van der Waals surface area contributed by atoms with Gasteiger partial charge < -0.3 is 10.1 Å². The molecule has 0 aliphatic carbocycles. The number of ether oxygens (including phenoxy) is 1. The number of hydrogen-bond donors (Lipinski definition) is 1. The van der Waals surface area contributed by atoms with Crippen molar-refractivity contribution in [2.45, 2.75) is 51.8 Å². The van der Waals surface area contributed by atoms with E-state index in [1.807, 2.05) is 52.0 Å². The fourth-order valence-corrected chi connectivity index (χ4v) is 3.72. The zero-order valence-corrected chi connectivity index (χ0v) is 17.0. The van der Waals surface area contributed by atoms with E-state index in [0.717, 1.165) is 12.1 Å². The zero-order valence-electron chi connectivity index (χ0n) is 17.0. The molecule has 0 saturated carbocycles. The number of alkyl carbamates (subject to hydrolysis) is 1. The quantitative estimate of drug-likeness (QED) is 0.836. The molecule has 1 saturated heterocycles. The summed E-state index contributed by atoms with van der Waals surface area (Å²) in [5.74, 6) is -0.357. The summed E-state index contributed by atoms with van der Waals surface area (Å²) in [4.78, 5) is 14.6. The van der Waals surface area contributed by atoms with Gasteiger partial charge in [-0.1, -0.05) is 48.0 Å². The minimum atomic E-state index is -0.573. The minimum absolute atomic E-state index is 0.129. The van der Waals surface area contributed by atoms with Gasteiger partial charge in [-0.3, -0.25) is 4.90 Å². The SMILES string of the molecule is Cc1ccc(F)c(C2CN(Cc3ccccc3)CC2NC(=O)OC(C)(C)C)c1. The lowest BCUT2D eigenvalue weighted by atomic mass is 9.92. The monoisotopic (exact) mass is 384 g/mol. The van der Waals surface area contributed by atoms with Gasteiger partial charge >= 0.3 is 6.09 Å². The maximum absolute atomic E-state index is 14.6. The van der Waals surface area contributed by atoms with Crippen molar-refractivity contribution in [2.24, 2.45) is 0 Å². The molecule has 1 fully saturated rings. The van der Waals surface area contributed by atoms with E-state index >= 15 is 0 Å². The summed E-state index contributed by atoms with van der Waals surface area (Å²) < 4.78 is 20.0. The number of likely N-dealkylation sites (tertiary alicyclic amines) is 1. The summed E-state index contributed by atoms with van der Waals surface area (Å²) in [7, 11) is 0. The Bertz CT molecular complexity index is 817. The second-order valence-electron chi connectivity index (χ2n) is 8.56. The van der Waals surface area contributed by atoms with Crippen molar-refractivity contribution < 1.29 is 13.9 Å². The molecule has 0 aromatic heterocycles. The Morgan fingerprint density at radius 3 is 2.57 bits per heavy atom. The van der Waals surface area contributed by atoms with Crippen LogP contribution in [0.5, 0.6) is 0 Å². The summed E-state index contributed by atoms with van der Waals surface area (Å²) in [5.41, 5.74) is 2.28. The predicted molar refractivity (Wildman–Crippen MR) is 109 cm³/mol. The number of halogens is 1. The van der Waals surface area contributed by atoms with Gasteiger partial charge in [0, 0.05) is 25.6 Å². The van der Waals surface area contributed by atoms with Crippen LogP contribution in [0.15, 0.2) is 48.5 Å². The lowest BCUT2D eigenvalue weighted by molar-refractivity contribution is 0.0502. The maximum Gasteiger partial charge on any atom is 0.407 e. The van der Waals surface area contributed by atoms with Crippen molar-refractivity contribution in [3.05, 3.63) is 71.0 Å². The van der Waals surface area contributed by atoms with Gasteiger partial charge in [-0.2, -0.15) is 0 Å². The van der Waals surface area contributed by atoms with Crippen molar-refractivity contribution in [1.29, 1.82) is 0 Å². The van der Waals surface area contributed by atoms with Crippen LogP contribution in [0.2, 0.25) is 0 Å². The first-order valence-electron chi connectivity index (χ1n) is 9.73. The van der Waals surface area contributed by atoms with Crippen molar-refractivity contribution in [3.8, 4) is 0 Å². The molecule has 2 unspecified atom stereocenters. The van der Waals surface area contributed by atoms with Crippen LogP contribution >= 0.6 is 0 Å². The Morgan fingerprint density at radius 1 is 1.18 bits per heavy atom. The zero-order chi connectivity index (χ0) is 20.3. The van der Waals surface area contributed by atoms with Crippen LogP contribution in [0, 0.1) is 12.7 Å². The van der Waals surface area contributed by atoms with E-state index in [2.05, 4.69) is 22.3 Å². The molecule has 5 heteroatoms. The second-order valence-corrected chi connectivity index (χ2v) is 8.56. The summed E-state index contributed by atoms with van der Waals surface area (Å²) in [6, 6.07) is 15.1. The molecule has 2 atom stereocenters. The Morgan fingerprint density at radius 2 is 1.89 bits per heavy atom. The largest absolute Gasteiger partial charge is 0.444 e. The number of amides is 1. The van der Waals surface area contributed by atoms with Crippen LogP contribution in [-0.4, -0.2) is 35.7 Å². The number of nitrogens with zero attached hydrogens (tertiary/aromatic N) is 1. The van der Waals surface area contributed by atoms with Crippen LogP contribution in [0.1, 0.15) is 43.4 Å². The van der Waals surface area contributed by atoms with E-state index in [0.29, 0.717) is 18.7 Å². The fraction of sp³-hybridized carbons (Fsp3) is 0.435. The van der Waals surface area contributed by atoms with Crippen LogP contribution in [0.25, 0.3) is 0 Å². The molecule has 1 amide bonds. The molecule has 1 heterocycles. The van der Waals surface area contributed by atoms with Crippen molar-refractivity contribution in [2.75, 3.05) is 13.1 Å². The van der Waals surface area contributed by atoms with E-state index in [-0.39, 0.29) is 17.8 Å². The molecule has 4 nitrogen and oxygen atoms in total. The summed E-state index contributed by atoms with van der Waals surface area (Å²) >= 11 is 0. The molecular weight excluding hydrogens is 355 g/mol. The highest BCUT2D eigenvalue weighted by atomic mass is 19.1. The van der Waals surface area contributed by atoms with Gasteiger partial charge in [-0.15, -0.1) is 0 Å². The first-order valence-corrected chi connectivity index (χ1v) is 9.73. The van der Waals surface area contributed by atoms with E-state index in [1.54, 1.807) is 6.07 Å². The molecule has 2 aromatic carbocycles. The molecule has 0 bridgehead atoms. The van der Waals surface area contributed by atoms with Crippen molar-refractivity contribution in [1.82, 2.24) is 10.2 Å². The summed E-state index contributed by atoms with van der Waals surface area (Å²) in [6.07, 6.45) is -0.461. The number of carbonyl (C=O) groups is 1. The molecule has 150 valence electrons. The molecule has 0 spiro atoms. The number of carbonyl (C=O) groups excluding carboxylic acids is 1. The number of benzene rings is 2. The fourth-order valence-electron chi connectivity index (χ4n) is 3.72. The van der Waals surface area contributed by atoms with Gasteiger partial charge in [0.15, 0.2) is 0 Å². The second kappa shape index (κ2) is 8.31. The molecule has 1 N–H and O–H groups in total. The third-order valence-electron chi connectivity index (χ3n) is 4.90. The molecular formula is C23H29FN2O2. The molecule has 0 radical (unpaired) electrons. The molecule has 1 aliphatic rings. The maximum atomic E-state index is 14.6. The molecule has 28 heavy (non-hydrogen) atoms. The van der Waals surface area contributed by atoms with Crippen LogP contribution < -0.4 is 5.32 Å². The number of aryl methyl sites for hydroxylation is 1. The highest BCUT2D eigenvalue weighted by molar-refractivity contribution is 5.68. The Hall–Kier alpha value is -2.40. The number of nitrogens with one attached hydrogen (secondary N) is 1. The highest BCUT2D eigenvalue weighted by Gasteiger charge is 2.37. The Kier molecular flexibility index (Phi) is 6.04. The lowest BCUT2D eigenvalue weighted by Gasteiger charge is -2.24. The summed E-state index contributed by atoms with van der Waals surface area (Å²) in [6.45, 7) is 9.54. The number of hydrogen-bond acceptors (Lipinski definition) is 3. The summed E-state index contributed by atoms with van der Waals surface area (Å²) in [5, 5.41) is 2.98. The van der Waals surface area contributed by atoms with E-state index in [9.17, 15) is 9.18 Å². The van der Waals surface area contributed by atoms with Gasteiger partial charge in [-0.25, -0.2) is 9.18 Å². The number of rotatable bonds is 4. The first kappa shape index (κ1) is 20.3. The van der Waals surface area contributed by atoms with Crippen LogP contribution in [0.3, 0.4) is 0 Å². The van der Waals surface area contributed by atoms with Gasteiger partial charge in [0.25, 0.3) is 0 Å². The first-order chi connectivity index (χ1) is 13.2. The van der Waals surface area contributed by atoms with Gasteiger partial charge in [-0.05, 0) is 44.9 Å². The third kappa shape index (κ3) is 5.32. The van der Waals surface area contributed by atoms with E-state index in [4.69, 9.17) is 4.74 Å². The Balaban J connectivity index is 1.80. The van der Waals surface area contributed by atoms with E-state index in [1.165, 1.54) is 11.6 Å². The van der Waals surface area contributed by atoms with Crippen LogP contribution in [0.4, 0.5) is 9.18 Å². The highest BCUT2D eigenvalue weighted by Crippen LogP contribution is 2.31. The van der Waals surface area contributed by atoms with Crippen molar-refractivity contribution in [3.63, 3.8) is 0 Å². The van der Waals surface area contributed by atoms with E-state index < -0.39 is 11.7 Å². The molecule has 2 aromatic rings. The third-order valence-corrected chi connectivity index (χ3v) is 4.90. The lowest BCUT2D eigenvalue weighted by Crippen LogP contribution is -2.42. The Labute approximate surface area is 166 Å². The standard InChI is InChI=1S/C23H29FN2O2/c1-16-10-11-20(24)18(12-16)19-14-26(13-17-8-6-5-7-9-17)15-21(19)25-22(27)28-23(2,3)4/h5-12,19,21H,13-15H2,1-4H3,(H,25,27). The van der Waals surface area contributed by atoms with Crippen molar-refractivity contribution >= 4 is 6.09 Å². The smallest absolute Gasteiger partial charge is 0.407 e. The van der Waals surface area contributed by atoms with Gasteiger partial charge in [0.2, 0.25) is 0 Å².